The lowest BCUT2D eigenvalue weighted by Gasteiger charge is -2.10. The van der Waals surface area contributed by atoms with E-state index in [9.17, 15) is 9.18 Å². The molecule has 1 amide bonds. The number of nitrogens with one attached hydrogen (secondary N) is 1. The van der Waals surface area contributed by atoms with Crippen LogP contribution < -0.4 is 14.8 Å². The van der Waals surface area contributed by atoms with Gasteiger partial charge in [-0.05, 0) is 62.1 Å². The largest absolute Gasteiger partial charge is 0.493 e. The van der Waals surface area contributed by atoms with Gasteiger partial charge in [0.25, 0.3) is 5.91 Å². The molecule has 0 atom stereocenters. The summed E-state index contributed by atoms with van der Waals surface area (Å²) in [6.07, 6.45) is 4.79. The van der Waals surface area contributed by atoms with Crippen molar-refractivity contribution in [3.05, 3.63) is 65.2 Å². The maximum absolute atomic E-state index is 13.4. The molecule has 4 rings (SSSR count). The van der Waals surface area contributed by atoms with Crippen LogP contribution in [0.1, 0.15) is 41.0 Å². The molecule has 0 fully saturated rings. The second kappa shape index (κ2) is 8.57. The number of amides is 1. The van der Waals surface area contributed by atoms with Crippen LogP contribution in [-0.4, -0.2) is 29.9 Å². The number of hydrogen-bond donors (Lipinski definition) is 1. The van der Waals surface area contributed by atoms with E-state index < -0.39 is 0 Å². The van der Waals surface area contributed by atoms with Gasteiger partial charge in [-0.25, -0.2) is 9.07 Å². The van der Waals surface area contributed by atoms with Crippen molar-refractivity contribution in [1.29, 1.82) is 0 Å². The van der Waals surface area contributed by atoms with Gasteiger partial charge in [-0.2, -0.15) is 5.10 Å². The molecule has 2 aromatic carbocycles. The minimum absolute atomic E-state index is 0.277. The zero-order valence-electron chi connectivity index (χ0n) is 17.1. The predicted molar refractivity (Wildman–Crippen MR) is 112 cm³/mol. The number of rotatable bonds is 5. The number of methoxy groups -OCH3 is 2. The molecule has 1 aromatic heterocycles. The fourth-order valence-corrected chi connectivity index (χ4v) is 3.86. The molecular formula is C23H24FN3O3. The Morgan fingerprint density at radius 2 is 1.73 bits per heavy atom. The highest BCUT2D eigenvalue weighted by Crippen LogP contribution is 2.31. The van der Waals surface area contributed by atoms with E-state index >= 15 is 0 Å². The van der Waals surface area contributed by atoms with Gasteiger partial charge >= 0.3 is 0 Å². The second-order valence-electron chi connectivity index (χ2n) is 7.25. The van der Waals surface area contributed by atoms with E-state index in [1.807, 2.05) is 0 Å². The van der Waals surface area contributed by atoms with Crippen LogP contribution in [0.25, 0.3) is 5.69 Å². The molecule has 0 aliphatic heterocycles. The number of anilines is 1. The monoisotopic (exact) mass is 409 g/mol. The number of carbonyl (C=O) groups excluding carboxylic acids is 1. The Kier molecular flexibility index (Phi) is 5.70. The Morgan fingerprint density at radius 3 is 2.47 bits per heavy atom. The van der Waals surface area contributed by atoms with Crippen LogP contribution in [0.15, 0.2) is 42.5 Å². The van der Waals surface area contributed by atoms with Gasteiger partial charge in [-0.1, -0.05) is 6.42 Å². The Balaban J connectivity index is 1.69. The van der Waals surface area contributed by atoms with Crippen LogP contribution in [0.5, 0.6) is 11.5 Å². The topological polar surface area (TPSA) is 65.4 Å². The summed E-state index contributed by atoms with van der Waals surface area (Å²) in [5, 5.41) is 7.55. The number of hydrogen-bond acceptors (Lipinski definition) is 4. The van der Waals surface area contributed by atoms with Crippen molar-refractivity contribution in [1.82, 2.24) is 9.78 Å². The quantitative estimate of drug-likeness (QED) is 0.628. The van der Waals surface area contributed by atoms with Gasteiger partial charge in [0, 0.05) is 23.0 Å². The van der Waals surface area contributed by atoms with Crippen molar-refractivity contribution in [2.24, 2.45) is 0 Å². The van der Waals surface area contributed by atoms with Crippen LogP contribution in [0.2, 0.25) is 0 Å². The van der Waals surface area contributed by atoms with Crippen molar-refractivity contribution < 1.29 is 18.7 Å². The molecule has 30 heavy (non-hydrogen) atoms. The highest BCUT2D eigenvalue weighted by molar-refractivity contribution is 6.04. The molecule has 0 saturated heterocycles. The third-order valence-corrected chi connectivity index (χ3v) is 5.36. The van der Waals surface area contributed by atoms with E-state index in [0.29, 0.717) is 22.9 Å². The van der Waals surface area contributed by atoms with Crippen molar-refractivity contribution >= 4 is 11.6 Å². The molecule has 0 unspecified atom stereocenters. The zero-order valence-corrected chi connectivity index (χ0v) is 17.1. The Bertz CT molecular complexity index is 1060. The van der Waals surface area contributed by atoms with Gasteiger partial charge < -0.3 is 14.8 Å². The van der Waals surface area contributed by atoms with Gasteiger partial charge in [0.15, 0.2) is 17.2 Å². The molecule has 1 aliphatic carbocycles. The molecule has 0 bridgehead atoms. The number of nitrogens with zero attached hydrogens (tertiary/aromatic N) is 2. The molecule has 1 heterocycles. The normalized spacial score (nSPS) is 13.3. The van der Waals surface area contributed by atoms with Crippen molar-refractivity contribution in [2.75, 3.05) is 19.5 Å². The van der Waals surface area contributed by atoms with Crippen LogP contribution in [0.4, 0.5) is 10.1 Å². The minimum atomic E-state index is -0.302. The van der Waals surface area contributed by atoms with Gasteiger partial charge in [-0.3, -0.25) is 4.79 Å². The minimum Gasteiger partial charge on any atom is -0.493 e. The molecule has 0 spiro atoms. The van der Waals surface area contributed by atoms with Crippen LogP contribution in [-0.2, 0) is 12.8 Å². The molecule has 7 heteroatoms. The standard InChI is InChI=1S/C23H24FN3O3/c1-29-20-13-10-16(14-21(20)30-2)25-23(28)22-18-6-4-3-5-7-19(18)27(26-22)17-11-8-15(24)9-12-17/h8-14H,3-7H2,1-2H3,(H,25,28). The lowest BCUT2D eigenvalue weighted by molar-refractivity contribution is 0.102. The van der Waals surface area contributed by atoms with Gasteiger partial charge in [0.1, 0.15) is 5.82 Å². The van der Waals surface area contributed by atoms with Gasteiger partial charge in [0.2, 0.25) is 0 Å². The summed E-state index contributed by atoms with van der Waals surface area (Å²) in [5.74, 6) is 0.542. The third kappa shape index (κ3) is 3.87. The average Bonchev–Trinajstić information content (AvgIpc) is 2.95. The molecule has 1 aliphatic rings. The number of carbonyl (C=O) groups is 1. The van der Waals surface area contributed by atoms with Crippen LogP contribution >= 0.6 is 0 Å². The average molecular weight is 409 g/mol. The molecule has 1 N–H and O–H groups in total. The second-order valence-corrected chi connectivity index (χ2v) is 7.25. The highest BCUT2D eigenvalue weighted by Gasteiger charge is 2.25. The summed E-state index contributed by atoms with van der Waals surface area (Å²) < 4.78 is 25.7. The fourth-order valence-electron chi connectivity index (χ4n) is 3.86. The third-order valence-electron chi connectivity index (χ3n) is 5.36. The highest BCUT2D eigenvalue weighted by atomic mass is 19.1. The number of ether oxygens (including phenoxy) is 2. The first-order valence-corrected chi connectivity index (χ1v) is 10.0. The maximum atomic E-state index is 13.4. The first-order valence-electron chi connectivity index (χ1n) is 10.0. The lowest BCUT2D eigenvalue weighted by Crippen LogP contribution is -2.15. The first-order chi connectivity index (χ1) is 14.6. The van der Waals surface area contributed by atoms with E-state index in [1.54, 1.807) is 49.2 Å². The van der Waals surface area contributed by atoms with Crippen LogP contribution in [0.3, 0.4) is 0 Å². The molecule has 6 nitrogen and oxygen atoms in total. The summed E-state index contributed by atoms with van der Waals surface area (Å²) in [6.45, 7) is 0. The van der Waals surface area contributed by atoms with Gasteiger partial charge in [0.05, 0.1) is 19.9 Å². The first kappa shape index (κ1) is 19.9. The van der Waals surface area contributed by atoms with Gasteiger partial charge in [-0.15, -0.1) is 0 Å². The Labute approximate surface area is 174 Å². The van der Waals surface area contributed by atoms with Crippen LogP contribution in [0, 0.1) is 5.82 Å². The van der Waals surface area contributed by atoms with E-state index in [4.69, 9.17) is 9.47 Å². The number of halogens is 1. The summed E-state index contributed by atoms with van der Waals surface area (Å²) in [4.78, 5) is 13.1. The molecule has 156 valence electrons. The van der Waals surface area contributed by atoms with E-state index in [2.05, 4.69) is 10.4 Å². The molecule has 0 saturated carbocycles. The van der Waals surface area contributed by atoms with Crippen molar-refractivity contribution in [2.45, 2.75) is 32.1 Å². The van der Waals surface area contributed by atoms with E-state index in [1.165, 1.54) is 12.1 Å². The number of aromatic nitrogens is 2. The smallest absolute Gasteiger partial charge is 0.276 e. The van der Waals surface area contributed by atoms with E-state index in [0.717, 1.165) is 49.0 Å². The summed E-state index contributed by atoms with van der Waals surface area (Å²) in [5.41, 5.74) is 3.74. The molecule has 0 radical (unpaired) electrons. The van der Waals surface area contributed by atoms with Crippen molar-refractivity contribution in [3.8, 4) is 17.2 Å². The predicted octanol–water partition coefficient (Wildman–Crippen LogP) is 4.55. The maximum Gasteiger partial charge on any atom is 0.276 e. The summed E-state index contributed by atoms with van der Waals surface area (Å²) in [6, 6.07) is 11.4. The lowest BCUT2D eigenvalue weighted by atomic mass is 10.1. The number of fused-ring (bicyclic) bond motifs is 1. The summed E-state index contributed by atoms with van der Waals surface area (Å²) in [7, 11) is 3.11. The molecule has 3 aromatic rings. The zero-order chi connectivity index (χ0) is 21.1. The van der Waals surface area contributed by atoms with Crippen molar-refractivity contribution in [3.63, 3.8) is 0 Å². The Morgan fingerprint density at radius 1 is 1.00 bits per heavy atom. The van der Waals surface area contributed by atoms with E-state index in [-0.39, 0.29) is 11.7 Å². The summed E-state index contributed by atoms with van der Waals surface area (Å²) >= 11 is 0. The Hall–Kier alpha value is -3.35. The fraction of sp³-hybridized carbons (Fsp3) is 0.304. The SMILES string of the molecule is COc1ccc(NC(=O)c2nn(-c3ccc(F)cc3)c3c2CCCCC3)cc1OC. The molecular weight excluding hydrogens is 385 g/mol. The number of benzene rings is 2.